The molecule has 0 radical (unpaired) electrons. The van der Waals surface area contributed by atoms with Crippen molar-refractivity contribution in [1.29, 1.82) is 0 Å². The number of halogens is 5. The summed E-state index contributed by atoms with van der Waals surface area (Å²) in [5.41, 5.74) is 5.79. The summed E-state index contributed by atoms with van der Waals surface area (Å²) in [6.45, 7) is 0. The van der Waals surface area contributed by atoms with Crippen LogP contribution in [0.2, 0.25) is 10.0 Å². The molecule has 0 saturated carbocycles. The minimum atomic E-state index is -0.577. The largest absolute Gasteiger partial charge is 0.421 e. The summed E-state index contributed by atoms with van der Waals surface area (Å²) in [6.07, 6.45) is 1.40. The van der Waals surface area contributed by atoms with Crippen molar-refractivity contribution in [3.05, 3.63) is 119 Å². The molecule has 0 saturated heterocycles. The summed E-state index contributed by atoms with van der Waals surface area (Å²) in [5.74, 6) is -0.826. The van der Waals surface area contributed by atoms with Crippen molar-refractivity contribution in [3.63, 3.8) is 0 Å². The molecule has 4 aromatic carbocycles. The molecule has 5 aromatic rings. The normalized spacial score (nSPS) is 11.2. The molecule has 6 nitrogen and oxygen atoms in total. The molecular formula is C29H16Br3Cl2N3O3. The number of benzene rings is 4. The number of nitrogens with zero attached hydrogens (tertiary/aromatic N) is 1. The summed E-state index contributed by atoms with van der Waals surface area (Å²) in [6, 6.07) is 23.0. The van der Waals surface area contributed by atoms with Gasteiger partial charge in [0.1, 0.15) is 5.69 Å². The lowest BCUT2D eigenvalue weighted by molar-refractivity contribution is 0.0733. The van der Waals surface area contributed by atoms with Gasteiger partial charge in [-0.2, -0.15) is 5.10 Å². The topological polar surface area (TPSA) is 83.5 Å². The molecule has 200 valence electrons. The van der Waals surface area contributed by atoms with Gasteiger partial charge in [-0.15, -0.1) is 0 Å². The van der Waals surface area contributed by atoms with Gasteiger partial charge in [0.05, 0.1) is 26.8 Å². The average molecular weight is 765 g/mol. The molecular weight excluding hydrogens is 749 g/mol. The second-order valence-corrected chi connectivity index (χ2v) is 12.0. The van der Waals surface area contributed by atoms with Crippen molar-refractivity contribution in [1.82, 2.24) is 10.4 Å². The molecule has 5 rings (SSSR count). The smallest absolute Gasteiger partial charge is 0.343 e. The van der Waals surface area contributed by atoms with E-state index in [4.69, 9.17) is 27.9 Å². The van der Waals surface area contributed by atoms with Crippen LogP contribution in [0.25, 0.3) is 22.0 Å². The van der Waals surface area contributed by atoms with E-state index in [2.05, 4.69) is 63.3 Å². The molecule has 0 aliphatic rings. The Labute approximate surface area is 264 Å². The number of ether oxygens (including phenoxy) is 1. The molecule has 0 fully saturated rings. The Balaban J connectivity index is 1.46. The number of hydrogen-bond donors (Lipinski definition) is 2. The highest BCUT2D eigenvalue weighted by Crippen LogP contribution is 2.38. The highest BCUT2D eigenvalue weighted by Gasteiger charge is 2.21. The first-order valence-electron chi connectivity index (χ1n) is 11.6. The van der Waals surface area contributed by atoms with Crippen LogP contribution in [-0.2, 0) is 0 Å². The number of fused-ring (bicyclic) bond motifs is 1. The van der Waals surface area contributed by atoms with Gasteiger partial charge in [0.15, 0.2) is 5.75 Å². The monoisotopic (exact) mass is 761 g/mol. The number of esters is 1. The lowest BCUT2D eigenvalue weighted by Gasteiger charge is -2.11. The van der Waals surface area contributed by atoms with Crippen molar-refractivity contribution in [2.24, 2.45) is 5.10 Å². The van der Waals surface area contributed by atoms with Gasteiger partial charge in [0.2, 0.25) is 0 Å². The Morgan fingerprint density at radius 2 is 1.60 bits per heavy atom. The first kappa shape index (κ1) is 28.6. The molecule has 1 heterocycles. The van der Waals surface area contributed by atoms with Crippen molar-refractivity contribution in [2.75, 3.05) is 0 Å². The Hall–Kier alpha value is -2.95. The molecule has 2 N–H and O–H groups in total. The predicted molar refractivity (Wildman–Crippen MR) is 170 cm³/mol. The van der Waals surface area contributed by atoms with E-state index in [1.165, 1.54) is 6.21 Å². The standard InChI is InChI=1S/C29H16Br3Cl2N3O3/c30-18-10-17(27(22(32)12-18)40-29(39)16-6-8-20(33)9-7-16)14-35-37-28(38)26-24(15-4-2-1-3-5-15)21-11-19(31)13-23(34)25(21)36-26/h1-14,36H,(H,37,38). The quantitative estimate of drug-likeness (QED) is 0.0783. The molecule has 0 atom stereocenters. The summed E-state index contributed by atoms with van der Waals surface area (Å²) in [4.78, 5) is 29.3. The van der Waals surface area contributed by atoms with Gasteiger partial charge >= 0.3 is 5.97 Å². The summed E-state index contributed by atoms with van der Waals surface area (Å²) < 4.78 is 7.67. The van der Waals surface area contributed by atoms with Gasteiger partial charge in [-0.1, -0.05) is 85.4 Å². The zero-order chi connectivity index (χ0) is 28.4. The first-order valence-corrected chi connectivity index (χ1v) is 14.7. The summed E-state index contributed by atoms with van der Waals surface area (Å²) >= 11 is 22.8. The average Bonchev–Trinajstić information content (AvgIpc) is 3.31. The van der Waals surface area contributed by atoms with E-state index in [-0.39, 0.29) is 5.75 Å². The molecule has 1 aromatic heterocycles. The third kappa shape index (κ3) is 6.19. The van der Waals surface area contributed by atoms with Crippen LogP contribution >= 0.6 is 71.0 Å². The van der Waals surface area contributed by atoms with E-state index >= 15 is 0 Å². The zero-order valence-corrected chi connectivity index (χ0v) is 26.4. The fourth-order valence-electron chi connectivity index (χ4n) is 4.03. The number of hydrogen-bond acceptors (Lipinski definition) is 4. The molecule has 1 amide bonds. The SMILES string of the molecule is O=C(Oc1c(Br)cc(Br)cc1C=NNC(=O)c1[nH]c2c(Cl)cc(Br)cc2c1-c1ccccc1)c1ccc(Cl)cc1. The number of amides is 1. The number of carbonyl (C=O) groups is 2. The lowest BCUT2D eigenvalue weighted by atomic mass is 10.0. The lowest BCUT2D eigenvalue weighted by Crippen LogP contribution is -2.19. The molecule has 0 spiro atoms. The minimum absolute atomic E-state index is 0.230. The van der Waals surface area contributed by atoms with Crippen LogP contribution in [0, 0.1) is 0 Å². The summed E-state index contributed by atoms with van der Waals surface area (Å²) in [7, 11) is 0. The van der Waals surface area contributed by atoms with Crippen LogP contribution in [0.4, 0.5) is 0 Å². The zero-order valence-electron chi connectivity index (χ0n) is 20.1. The third-order valence-electron chi connectivity index (χ3n) is 5.80. The van der Waals surface area contributed by atoms with E-state index in [1.54, 1.807) is 42.5 Å². The van der Waals surface area contributed by atoms with E-state index in [0.29, 0.717) is 46.9 Å². The van der Waals surface area contributed by atoms with Crippen molar-refractivity contribution in [3.8, 4) is 16.9 Å². The molecule has 0 bridgehead atoms. The number of nitrogens with one attached hydrogen (secondary N) is 2. The molecule has 0 aliphatic carbocycles. The minimum Gasteiger partial charge on any atom is -0.421 e. The Morgan fingerprint density at radius 1 is 0.900 bits per heavy atom. The second-order valence-electron chi connectivity index (χ2n) is 8.45. The Kier molecular flexibility index (Phi) is 8.77. The maximum Gasteiger partial charge on any atom is 0.343 e. The van der Waals surface area contributed by atoms with Crippen LogP contribution in [0.3, 0.4) is 0 Å². The van der Waals surface area contributed by atoms with E-state index < -0.39 is 11.9 Å². The van der Waals surface area contributed by atoms with Gasteiger partial charge in [-0.25, -0.2) is 10.2 Å². The Bertz CT molecular complexity index is 1790. The summed E-state index contributed by atoms with van der Waals surface area (Å²) in [5, 5.41) is 5.92. The van der Waals surface area contributed by atoms with Crippen molar-refractivity contribution < 1.29 is 14.3 Å². The maximum absolute atomic E-state index is 13.4. The van der Waals surface area contributed by atoms with Crippen molar-refractivity contribution in [2.45, 2.75) is 0 Å². The molecule has 0 unspecified atom stereocenters. The van der Waals surface area contributed by atoms with Crippen LogP contribution in [0.5, 0.6) is 5.75 Å². The second kappa shape index (κ2) is 12.3. The highest BCUT2D eigenvalue weighted by molar-refractivity contribution is 9.11. The van der Waals surface area contributed by atoms with Crippen LogP contribution in [-0.4, -0.2) is 23.1 Å². The van der Waals surface area contributed by atoms with Gasteiger partial charge in [0, 0.05) is 30.5 Å². The highest BCUT2D eigenvalue weighted by atomic mass is 79.9. The first-order chi connectivity index (χ1) is 19.2. The number of aromatic amines is 1. The fraction of sp³-hybridized carbons (Fsp3) is 0. The van der Waals surface area contributed by atoms with Crippen LogP contribution in [0.15, 0.2) is 97.4 Å². The maximum atomic E-state index is 13.4. The van der Waals surface area contributed by atoms with Gasteiger partial charge in [-0.05, 0) is 70.0 Å². The fourth-order valence-corrected chi connectivity index (χ4v) is 6.35. The van der Waals surface area contributed by atoms with Gasteiger partial charge in [-0.3, -0.25) is 4.79 Å². The van der Waals surface area contributed by atoms with Crippen LogP contribution in [0.1, 0.15) is 26.4 Å². The number of rotatable bonds is 6. The molecule has 11 heteroatoms. The predicted octanol–water partition coefficient (Wildman–Crippen LogP) is 9.41. The van der Waals surface area contributed by atoms with Gasteiger partial charge < -0.3 is 9.72 Å². The number of carbonyl (C=O) groups excluding carboxylic acids is 2. The number of hydrazone groups is 1. The van der Waals surface area contributed by atoms with E-state index in [0.717, 1.165) is 15.4 Å². The van der Waals surface area contributed by atoms with Gasteiger partial charge in [0.25, 0.3) is 5.91 Å². The van der Waals surface area contributed by atoms with E-state index in [1.807, 2.05) is 36.4 Å². The number of H-pyrrole nitrogens is 1. The van der Waals surface area contributed by atoms with Crippen molar-refractivity contribution >= 4 is 100.0 Å². The number of aromatic nitrogens is 1. The molecule has 0 aliphatic heterocycles. The van der Waals surface area contributed by atoms with E-state index in [9.17, 15) is 9.59 Å². The van der Waals surface area contributed by atoms with Crippen LogP contribution < -0.4 is 10.2 Å². The Morgan fingerprint density at radius 3 is 2.33 bits per heavy atom. The third-order valence-corrected chi connectivity index (χ3v) is 7.85. The molecule has 40 heavy (non-hydrogen) atoms.